The van der Waals surface area contributed by atoms with Gasteiger partial charge in [0.05, 0.1) is 27.4 Å². The van der Waals surface area contributed by atoms with Crippen LogP contribution >= 0.6 is 11.6 Å². The number of piperazine rings is 1. The summed E-state index contributed by atoms with van der Waals surface area (Å²) in [6.07, 6.45) is 1.78. The van der Waals surface area contributed by atoms with Gasteiger partial charge in [0.15, 0.2) is 0 Å². The van der Waals surface area contributed by atoms with Gasteiger partial charge in [0.25, 0.3) is 0 Å². The molecule has 4 rings (SSSR count). The molecule has 2 aromatic heterocycles. The first-order valence-electron chi connectivity index (χ1n) is 7.98. The number of aromatic amines is 2. The van der Waals surface area contributed by atoms with Gasteiger partial charge in [-0.1, -0.05) is 17.7 Å². The maximum absolute atomic E-state index is 11.6. The summed E-state index contributed by atoms with van der Waals surface area (Å²) in [6.45, 7) is 4.42. The van der Waals surface area contributed by atoms with Crippen molar-refractivity contribution in [1.82, 2.24) is 19.9 Å². The Labute approximate surface area is 144 Å². The van der Waals surface area contributed by atoms with E-state index in [4.69, 9.17) is 11.6 Å². The number of halogens is 1. The number of benzene rings is 1. The lowest BCUT2D eigenvalue weighted by molar-refractivity contribution is 0.247. The number of rotatable bonds is 3. The second-order valence-electron chi connectivity index (χ2n) is 5.97. The number of para-hydroxylation sites is 1. The van der Waals surface area contributed by atoms with E-state index in [1.807, 2.05) is 24.3 Å². The van der Waals surface area contributed by atoms with E-state index < -0.39 is 0 Å². The number of nitrogens with zero attached hydrogens (tertiary/aromatic N) is 3. The van der Waals surface area contributed by atoms with Gasteiger partial charge < -0.3 is 14.9 Å². The van der Waals surface area contributed by atoms with E-state index in [9.17, 15) is 4.79 Å². The normalized spacial score (nSPS) is 16.0. The summed E-state index contributed by atoms with van der Waals surface area (Å²) in [5, 5.41) is 0.717. The van der Waals surface area contributed by atoms with Crippen LogP contribution in [0.1, 0.15) is 5.69 Å². The van der Waals surface area contributed by atoms with Crippen LogP contribution in [-0.4, -0.2) is 46.0 Å². The molecule has 0 spiro atoms. The fraction of sp³-hybridized carbons (Fsp3) is 0.294. The second kappa shape index (κ2) is 6.30. The zero-order valence-corrected chi connectivity index (χ0v) is 13.9. The van der Waals surface area contributed by atoms with Gasteiger partial charge in [-0.15, -0.1) is 0 Å². The average Bonchev–Trinajstić information content (AvgIpc) is 2.98. The van der Waals surface area contributed by atoms with Crippen molar-refractivity contribution in [1.29, 1.82) is 0 Å². The number of pyridine rings is 1. The van der Waals surface area contributed by atoms with Gasteiger partial charge in [-0.25, -0.2) is 4.79 Å². The lowest BCUT2D eigenvalue weighted by Gasteiger charge is -2.36. The van der Waals surface area contributed by atoms with Crippen LogP contribution in [0.5, 0.6) is 0 Å². The summed E-state index contributed by atoms with van der Waals surface area (Å²) in [6, 6.07) is 9.67. The van der Waals surface area contributed by atoms with Gasteiger partial charge in [-0.05, 0) is 24.3 Å². The average molecular weight is 344 g/mol. The molecule has 1 aromatic carbocycles. The molecular weight excluding hydrogens is 326 g/mol. The van der Waals surface area contributed by atoms with Gasteiger partial charge in [0.2, 0.25) is 0 Å². The van der Waals surface area contributed by atoms with Gasteiger partial charge in [0.1, 0.15) is 0 Å². The predicted octanol–water partition coefficient (Wildman–Crippen LogP) is 2.23. The minimum absolute atomic E-state index is 0.166. The number of hydrogen-bond donors (Lipinski definition) is 2. The molecule has 0 saturated carbocycles. The van der Waals surface area contributed by atoms with Crippen molar-refractivity contribution in [2.24, 2.45) is 0 Å². The Morgan fingerprint density at radius 2 is 1.92 bits per heavy atom. The molecule has 1 fully saturated rings. The highest BCUT2D eigenvalue weighted by Gasteiger charge is 2.20. The first-order valence-corrected chi connectivity index (χ1v) is 8.36. The Hall–Kier alpha value is -2.31. The lowest BCUT2D eigenvalue weighted by atomic mass is 10.2. The highest BCUT2D eigenvalue weighted by molar-refractivity contribution is 6.31. The molecule has 0 aliphatic carbocycles. The molecule has 3 heterocycles. The van der Waals surface area contributed by atoms with E-state index in [-0.39, 0.29) is 5.69 Å². The van der Waals surface area contributed by atoms with Crippen molar-refractivity contribution >= 4 is 28.3 Å². The molecule has 24 heavy (non-hydrogen) atoms. The Morgan fingerprint density at radius 3 is 2.71 bits per heavy atom. The Bertz CT molecular complexity index is 910. The number of hydrogen-bond acceptors (Lipinski definition) is 4. The van der Waals surface area contributed by atoms with Crippen LogP contribution in [-0.2, 0) is 6.54 Å². The van der Waals surface area contributed by atoms with Crippen LogP contribution in [0.15, 0.2) is 41.3 Å². The van der Waals surface area contributed by atoms with Crippen molar-refractivity contribution in [2.75, 3.05) is 31.1 Å². The van der Waals surface area contributed by atoms with Crippen molar-refractivity contribution in [3.05, 3.63) is 57.7 Å². The summed E-state index contributed by atoms with van der Waals surface area (Å²) in [7, 11) is 0. The van der Waals surface area contributed by atoms with E-state index in [2.05, 4.69) is 30.8 Å². The smallest absolute Gasteiger partial charge is 0.323 e. The molecule has 124 valence electrons. The highest BCUT2D eigenvalue weighted by atomic mass is 35.5. The first kappa shape index (κ1) is 15.2. The van der Waals surface area contributed by atoms with Crippen LogP contribution in [0.25, 0.3) is 11.0 Å². The Kier molecular flexibility index (Phi) is 4.00. The standard InChI is InChI=1S/C17H18ClN5O/c18-12-3-2-6-19-14(12)11-22-7-9-23(10-8-22)15-5-1-4-13-16(15)21-17(24)20-13/h1-6H,7-11H2,(H2,20,21,24). The maximum Gasteiger partial charge on any atom is 0.323 e. The molecule has 0 amide bonds. The van der Waals surface area contributed by atoms with E-state index in [1.165, 1.54) is 0 Å². The summed E-state index contributed by atoms with van der Waals surface area (Å²) < 4.78 is 0. The number of anilines is 1. The minimum atomic E-state index is -0.166. The van der Waals surface area contributed by atoms with E-state index >= 15 is 0 Å². The minimum Gasteiger partial charge on any atom is -0.367 e. The largest absolute Gasteiger partial charge is 0.367 e. The summed E-state index contributed by atoms with van der Waals surface area (Å²) in [5.41, 5.74) is 3.55. The van der Waals surface area contributed by atoms with Gasteiger partial charge in [-0.2, -0.15) is 0 Å². The molecule has 0 atom stereocenters. The molecule has 1 aliphatic heterocycles. The summed E-state index contributed by atoms with van der Waals surface area (Å²) in [4.78, 5) is 26.3. The van der Waals surface area contributed by atoms with Crippen LogP contribution in [0.3, 0.4) is 0 Å². The molecular formula is C17H18ClN5O. The topological polar surface area (TPSA) is 68.0 Å². The van der Waals surface area contributed by atoms with Crippen molar-refractivity contribution in [2.45, 2.75) is 6.54 Å². The molecule has 0 bridgehead atoms. The molecule has 0 unspecified atom stereocenters. The number of aromatic nitrogens is 3. The SMILES string of the molecule is O=c1[nH]c2cccc(N3CCN(Cc4ncccc4Cl)CC3)c2[nH]1. The fourth-order valence-corrected chi connectivity index (χ4v) is 3.38. The summed E-state index contributed by atoms with van der Waals surface area (Å²) in [5.74, 6) is 0. The zero-order chi connectivity index (χ0) is 16.5. The molecule has 1 aliphatic rings. The molecule has 7 heteroatoms. The van der Waals surface area contributed by atoms with Gasteiger partial charge in [0, 0.05) is 38.9 Å². The van der Waals surface area contributed by atoms with Gasteiger partial charge in [-0.3, -0.25) is 9.88 Å². The van der Waals surface area contributed by atoms with Gasteiger partial charge >= 0.3 is 5.69 Å². The van der Waals surface area contributed by atoms with E-state index in [0.717, 1.165) is 60.2 Å². The Balaban J connectivity index is 1.48. The predicted molar refractivity (Wildman–Crippen MR) is 95.7 cm³/mol. The van der Waals surface area contributed by atoms with E-state index in [1.54, 1.807) is 6.20 Å². The lowest BCUT2D eigenvalue weighted by Crippen LogP contribution is -2.46. The number of H-pyrrole nitrogens is 2. The van der Waals surface area contributed by atoms with Crippen LogP contribution in [0, 0.1) is 0 Å². The van der Waals surface area contributed by atoms with Crippen molar-refractivity contribution in [3.63, 3.8) is 0 Å². The zero-order valence-electron chi connectivity index (χ0n) is 13.1. The van der Waals surface area contributed by atoms with Crippen LogP contribution in [0.2, 0.25) is 5.02 Å². The third kappa shape index (κ3) is 2.90. The van der Waals surface area contributed by atoms with E-state index in [0.29, 0.717) is 0 Å². The number of nitrogens with one attached hydrogen (secondary N) is 2. The molecule has 6 nitrogen and oxygen atoms in total. The molecule has 0 radical (unpaired) electrons. The number of fused-ring (bicyclic) bond motifs is 1. The second-order valence-corrected chi connectivity index (χ2v) is 6.38. The molecule has 2 N–H and O–H groups in total. The fourth-order valence-electron chi connectivity index (χ4n) is 3.20. The first-order chi connectivity index (χ1) is 11.7. The molecule has 3 aromatic rings. The number of imidazole rings is 1. The van der Waals surface area contributed by atoms with Crippen LogP contribution in [0.4, 0.5) is 5.69 Å². The summed E-state index contributed by atoms with van der Waals surface area (Å²) >= 11 is 6.20. The molecule has 1 saturated heterocycles. The maximum atomic E-state index is 11.6. The Morgan fingerprint density at radius 1 is 1.08 bits per heavy atom. The third-order valence-corrected chi connectivity index (χ3v) is 4.79. The van der Waals surface area contributed by atoms with Crippen molar-refractivity contribution < 1.29 is 0 Å². The van der Waals surface area contributed by atoms with Crippen LogP contribution < -0.4 is 10.6 Å². The third-order valence-electron chi connectivity index (χ3n) is 4.45. The van der Waals surface area contributed by atoms with Crippen molar-refractivity contribution in [3.8, 4) is 0 Å². The highest BCUT2D eigenvalue weighted by Crippen LogP contribution is 2.24. The monoisotopic (exact) mass is 343 g/mol. The quantitative estimate of drug-likeness (QED) is 0.765.